The molecule has 0 aliphatic heterocycles. The van der Waals surface area contributed by atoms with Crippen LogP contribution in [0.15, 0.2) is 48.8 Å². The molecule has 0 fully saturated rings. The van der Waals surface area contributed by atoms with Gasteiger partial charge in [0.2, 0.25) is 0 Å². The number of halogens is 4. The smallest absolute Gasteiger partial charge is 1.00 e. The molecule has 0 unspecified atom stereocenters. The van der Waals surface area contributed by atoms with Gasteiger partial charge in [-0.25, -0.2) is 9.97 Å². The SMILES string of the molecule is [Bi+2].[Cl-].[Cl-].[Cl-].[Cl-].c1c[nH+]c2c(c1)ccc1ccc[nH+]c12. The maximum absolute atomic E-state index is 3.26. The fourth-order valence-corrected chi connectivity index (χ4v) is 1.79. The molecule has 3 aromatic rings. The Labute approximate surface area is 155 Å². The molecule has 3 rings (SSSR count). The summed E-state index contributed by atoms with van der Waals surface area (Å²) in [6.45, 7) is 0. The summed E-state index contributed by atoms with van der Waals surface area (Å²) in [7, 11) is 0. The van der Waals surface area contributed by atoms with Crippen molar-refractivity contribution in [1.29, 1.82) is 0 Å². The first-order chi connectivity index (χ1) is 6.95. The molecule has 0 aliphatic rings. The fourth-order valence-electron chi connectivity index (χ4n) is 1.79. The number of fused-ring (bicyclic) bond motifs is 3. The standard InChI is InChI=1S/C12H8N2.Bi.4ClH/c1-3-9-5-6-10-4-2-8-14-12(10)11(9)13-7-1;;;;;/h1-8H;;4*1H/q;+2;;;;/p-2. The van der Waals surface area contributed by atoms with Gasteiger partial charge in [0.15, 0.2) is 12.4 Å². The molecule has 2 aromatic heterocycles. The molecule has 1 aromatic carbocycles. The number of hydrogen-bond donors (Lipinski definition) is 0. The number of aromatic amines is 2. The molecule has 2 heterocycles. The second kappa shape index (κ2) is 10.8. The van der Waals surface area contributed by atoms with Crippen LogP contribution >= 0.6 is 0 Å². The Morgan fingerprint density at radius 1 is 0.579 bits per heavy atom. The van der Waals surface area contributed by atoms with Crippen LogP contribution in [-0.2, 0) is 0 Å². The normalized spacial score (nSPS) is 8.00. The van der Waals surface area contributed by atoms with Crippen LogP contribution in [0.2, 0.25) is 0 Å². The molecular formula is C12H10BiCl4N2. The van der Waals surface area contributed by atoms with Crippen molar-refractivity contribution in [3.63, 3.8) is 0 Å². The summed E-state index contributed by atoms with van der Waals surface area (Å²) >= 11 is 0. The summed E-state index contributed by atoms with van der Waals surface area (Å²) in [5, 5.41) is 2.45. The minimum atomic E-state index is 0. The predicted octanol–water partition coefficient (Wildman–Crippen LogP) is -10.7. The second-order valence-electron chi connectivity index (χ2n) is 3.33. The van der Waals surface area contributed by atoms with Crippen molar-refractivity contribution in [2.24, 2.45) is 0 Å². The van der Waals surface area contributed by atoms with Crippen molar-refractivity contribution in [2.75, 3.05) is 0 Å². The van der Waals surface area contributed by atoms with Gasteiger partial charge in [0.1, 0.15) is 0 Å². The van der Waals surface area contributed by atoms with Gasteiger partial charge in [0.05, 0.1) is 10.8 Å². The zero-order valence-corrected chi connectivity index (χ0v) is 16.1. The Bertz CT molecular complexity index is 567. The molecule has 2 nitrogen and oxygen atoms in total. The van der Waals surface area contributed by atoms with E-state index in [1.54, 1.807) is 0 Å². The van der Waals surface area contributed by atoms with Crippen LogP contribution in [0.5, 0.6) is 0 Å². The Kier molecular flexibility index (Phi) is 13.7. The zero-order valence-electron chi connectivity index (χ0n) is 9.58. The van der Waals surface area contributed by atoms with Crippen molar-refractivity contribution in [2.45, 2.75) is 0 Å². The van der Waals surface area contributed by atoms with E-state index in [1.165, 1.54) is 10.8 Å². The number of nitrogens with one attached hydrogen (secondary N) is 2. The minimum absolute atomic E-state index is 0. The Morgan fingerprint density at radius 3 is 1.32 bits per heavy atom. The summed E-state index contributed by atoms with van der Waals surface area (Å²) < 4.78 is 0. The van der Waals surface area contributed by atoms with Crippen molar-refractivity contribution in [3.05, 3.63) is 48.8 Å². The zero-order chi connectivity index (χ0) is 9.38. The molecule has 0 saturated carbocycles. The number of benzene rings is 1. The van der Waals surface area contributed by atoms with E-state index in [2.05, 4.69) is 34.2 Å². The van der Waals surface area contributed by atoms with E-state index in [4.69, 9.17) is 0 Å². The molecule has 0 atom stereocenters. The van der Waals surface area contributed by atoms with Gasteiger partial charge in [-0.05, 0) is 24.3 Å². The van der Waals surface area contributed by atoms with E-state index in [9.17, 15) is 0 Å². The van der Waals surface area contributed by atoms with Crippen LogP contribution in [-0.4, -0.2) is 26.2 Å². The third kappa shape index (κ3) is 4.84. The Morgan fingerprint density at radius 2 is 0.947 bits per heavy atom. The van der Waals surface area contributed by atoms with E-state index >= 15 is 0 Å². The summed E-state index contributed by atoms with van der Waals surface area (Å²) in [4.78, 5) is 6.53. The van der Waals surface area contributed by atoms with Gasteiger partial charge in [0.25, 0.3) is 11.0 Å². The van der Waals surface area contributed by atoms with Crippen molar-refractivity contribution in [3.8, 4) is 0 Å². The first kappa shape index (κ1) is 24.1. The Balaban J connectivity index is -0.000000512. The van der Waals surface area contributed by atoms with Crippen LogP contribution in [0.4, 0.5) is 0 Å². The summed E-state index contributed by atoms with van der Waals surface area (Å²) in [6.07, 6.45) is 3.89. The number of hydrogen-bond acceptors (Lipinski definition) is 0. The van der Waals surface area contributed by atoms with Crippen LogP contribution in [0.1, 0.15) is 0 Å². The number of aromatic nitrogens is 2. The third-order valence-electron chi connectivity index (χ3n) is 2.47. The van der Waals surface area contributed by atoms with E-state index < -0.39 is 0 Å². The van der Waals surface area contributed by atoms with Gasteiger partial charge in [0, 0.05) is 12.1 Å². The first-order valence-corrected chi connectivity index (χ1v) is 4.65. The largest absolute Gasteiger partial charge is 2.00 e. The van der Waals surface area contributed by atoms with Gasteiger partial charge in [-0.1, -0.05) is 0 Å². The van der Waals surface area contributed by atoms with Gasteiger partial charge in [-0.2, -0.15) is 0 Å². The summed E-state index contributed by atoms with van der Waals surface area (Å²) in [5.74, 6) is 0. The molecule has 0 amide bonds. The van der Waals surface area contributed by atoms with Crippen LogP contribution in [0.25, 0.3) is 21.8 Å². The third-order valence-corrected chi connectivity index (χ3v) is 2.47. The monoisotopic (exact) mass is 531 g/mol. The van der Waals surface area contributed by atoms with E-state index in [1.807, 2.05) is 24.5 Å². The van der Waals surface area contributed by atoms with E-state index in [-0.39, 0.29) is 75.8 Å². The molecule has 2 N–H and O–H groups in total. The van der Waals surface area contributed by atoms with Gasteiger partial charge in [-0.15, -0.1) is 0 Å². The number of H-pyrrole nitrogens is 2. The molecule has 19 heavy (non-hydrogen) atoms. The van der Waals surface area contributed by atoms with Crippen molar-refractivity contribution >= 4 is 48.0 Å². The second-order valence-corrected chi connectivity index (χ2v) is 3.33. The molecule has 0 bridgehead atoms. The van der Waals surface area contributed by atoms with E-state index in [0.29, 0.717) is 0 Å². The molecule has 0 aliphatic carbocycles. The molecule has 0 saturated heterocycles. The molecular weight excluding hydrogens is 523 g/mol. The number of rotatable bonds is 0. The summed E-state index contributed by atoms with van der Waals surface area (Å²) in [6, 6.07) is 12.5. The molecule has 3 radical (unpaired) electrons. The number of pyridine rings is 2. The average molecular weight is 533 g/mol. The van der Waals surface area contributed by atoms with Crippen molar-refractivity contribution in [1.82, 2.24) is 0 Å². The van der Waals surface area contributed by atoms with E-state index in [0.717, 1.165) is 11.0 Å². The topological polar surface area (TPSA) is 28.3 Å². The fraction of sp³-hybridized carbons (Fsp3) is 0. The molecule has 7 heteroatoms. The molecule has 0 spiro atoms. The quantitative estimate of drug-likeness (QED) is 0.203. The summed E-state index contributed by atoms with van der Waals surface area (Å²) in [5.41, 5.74) is 2.32. The van der Waals surface area contributed by atoms with Crippen LogP contribution < -0.4 is 59.6 Å². The predicted molar refractivity (Wildman–Crippen MR) is 60.3 cm³/mol. The Hall–Kier alpha value is 0.0831. The van der Waals surface area contributed by atoms with Gasteiger partial charge in [-0.3, -0.25) is 0 Å². The minimum Gasteiger partial charge on any atom is -1.00 e. The van der Waals surface area contributed by atoms with Crippen LogP contribution in [0, 0.1) is 0 Å². The maximum Gasteiger partial charge on any atom is 2.00 e. The van der Waals surface area contributed by atoms with Gasteiger partial charge < -0.3 is 49.6 Å². The average Bonchev–Trinajstić information content (AvgIpc) is 2.29. The first-order valence-electron chi connectivity index (χ1n) is 4.65. The van der Waals surface area contributed by atoms with Gasteiger partial charge >= 0.3 is 26.2 Å². The van der Waals surface area contributed by atoms with Crippen molar-refractivity contribution < 1.29 is 59.6 Å². The molecule has 101 valence electrons. The van der Waals surface area contributed by atoms with Crippen LogP contribution in [0.3, 0.4) is 0 Å². The maximum atomic E-state index is 3.26.